The number of ether oxygens (including phenoxy) is 2. The molecule has 11 heteroatoms. The number of methoxy groups -OCH3 is 1. The zero-order valence-electron chi connectivity index (χ0n) is 16.2. The molecule has 1 amide bonds. The Morgan fingerprint density at radius 1 is 1.39 bits per heavy atom. The van der Waals surface area contributed by atoms with Crippen LogP contribution in [0.25, 0.3) is 0 Å². The van der Waals surface area contributed by atoms with Crippen LogP contribution in [0, 0.1) is 5.82 Å². The normalized spacial score (nSPS) is 17.2. The van der Waals surface area contributed by atoms with Gasteiger partial charge in [0.25, 0.3) is 0 Å². The summed E-state index contributed by atoms with van der Waals surface area (Å²) >= 11 is 7.05. The topological polar surface area (TPSA) is 110 Å². The van der Waals surface area contributed by atoms with E-state index in [4.69, 9.17) is 26.2 Å². The van der Waals surface area contributed by atoms with E-state index in [1.807, 2.05) is 0 Å². The molecule has 162 valence electrons. The number of benzene rings is 2. The van der Waals surface area contributed by atoms with E-state index >= 15 is 0 Å². The zero-order chi connectivity index (χ0) is 22.4. The fraction of sp³-hybridized carbons (Fsp3) is 0.200. The fourth-order valence-electron chi connectivity index (χ4n) is 2.63. The summed E-state index contributed by atoms with van der Waals surface area (Å²) in [6, 6.07) is 9.18. The number of carboxylic acids is 1. The lowest BCUT2D eigenvalue weighted by atomic mass is 10.2. The van der Waals surface area contributed by atoms with E-state index in [9.17, 15) is 14.0 Å². The van der Waals surface area contributed by atoms with Crippen molar-refractivity contribution in [2.24, 2.45) is 10.2 Å². The van der Waals surface area contributed by atoms with E-state index in [0.717, 1.165) is 11.8 Å². The Labute approximate surface area is 186 Å². The molecule has 0 spiro atoms. The van der Waals surface area contributed by atoms with Crippen molar-refractivity contribution in [3.05, 3.63) is 58.4 Å². The van der Waals surface area contributed by atoms with Crippen LogP contribution < -0.4 is 14.8 Å². The number of carbonyl (C=O) groups excluding carboxylic acids is 1. The second kappa shape index (κ2) is 10.3. The molecule has 1 aliphatic rings. The lowest BCUT2D eigenvalue weighted by Crippen LogP contribution is -2.26. The highest BCUT2D eigenvalue weighted by molar-refractivity contribution is 8.15. The van der Waals surface area contributed by atoms with Gasteiger partial charge < -0.3 is 19.9 Å². The van der Waals surface area contributed by atoms with Gasteiger partial charge in [-0.1, -0.05) is 35.5 Å². The number of aliphatic carboxylic acids is 1. The third-order valence-corrected chi connectivity index (χ3v) is 5.52. The molecular formula is C20H17ClFN3O5S. The van der Waals surface area contributed by atoms with Gasteiger partial charge in [0, 0.05) is 11.1 Å². The smallest absolute Gasteiger partial charge is 0.305 e. The number of halogens is 2. The van der Waals surface area contributed by atoms with E-state index in [-0.39, 0.29) is 23.2 Å². The van der Waals surface area contributed by atoms with E-state index in [1.54, 1.807) is 18.2 Å². The molecule has 1 aliphatic heterocycles. The summed E-state index contributed by atoms with van der Waals surface area (Å²) in [5.41, 5.74) is 1.13. The summed E-state index contributed by atoms with van der Waals surface area (Å²) in [7, 11) is 1.49. The quantitative estimate of drug-likeness (QED) is 0.456. The van der Waals surface area contributed by atoms with E-state index in [1.165, 1.54) is 31.5 Å². The van der Waals surface area contributed by atoms with Crippen LogP contribution in [0.15, 0.2) is 46.6 Å². The Hall–Kier alpha value is -3.11. The van der Waals surface area contributed by atoms with Gasteiger partial charge in [0.1, 0.15) is 17.7 Å². The van der Waals surface area contributed by atoms with Gasteiger partial charge in [-0.25, -0.2) is 4.39 Å². The minimum Gasteiger partial charge on any atom is -0.493 e. The predicted molar refractivity (Wildman–Crippen MR) is 116 cm³/mol. The van der Waals surface area contributed by atoms with E-state index in [2.05, 4.69) is 15.5 Å². The second-order valence-corrected chi connectivity index (χ2v) is 7.84. The average molecular weight is 466 g/mol. The Morgan fingerprint density at radius 3 is 2.90 bits per heavy atom. The maximum absolute atomic E-state index is 13.2. The molecule has 1 heterocycles. The standard InChI is InChI=1S/C20H17ClFN3O5S/c1-29-15-4-2-3-11(18(15)30-10-12-5-6-13(22)7-14(12)21)9-23-25-20-24-19(28)16(31-20)8-17(26)27/h2-7,9,16H,8,10H2,1H3,(H,26,27)(H,24,25,28). The highest BCUT2D eigenvalue weighted by atomic mass is 35.5. The number of rotatable bonds is 8. The fourth-order valence-corrected chi connectivity index (χ4v) is 3.76. The highest BCUT2D eigenvalue weighted by Crippen LogP contribution is 2.32. The molecule has 1 saturated heterocycles. The lowest BCUT2D eigenvalue weighted by Gasteiger charge is -2.13. The van der Waals surface area contributed by atoms with Crippen LogP contribution in [0.2, 0.25) is 5.02 Å². The largest absolute Gasteiger partial charge is 0.493 e. The van der Waals surface area contributed by atoms with Crippen molar-refractivity contribution >= 4 is 46.6 Å². The molecule has 1 atom stereocenters. The zero-order valence-corrected chi connectivity index (χ0v) is 17.7. The van der Waals surface area contributed by atoms with Crippen molar-refractivity contribution in [2.45, 2.75) is 18.3 Å². The number of amidine groups is 1. The summed E-state index contributed by atoms with van der Waals surface area (Å²) in [5.74, 6) is -1.12. The SMILES string of the molecule is COc1cccc(C=NN=C2NC(=O)C(CC(=O)O)S2)c1OCc1ccc(F)cc1Cl. The molecule has 31 heavy (non-hydrogen) atoms. The van der Waals surface area contributed by atoms with Crippen LogP contribution in [0.5, 0.6) is 11.5 Å². The summed E-state index contributed by atoms with van der Waals surface area (Å²) < 4.78 is 24.4. The third kappa shape index (κ3) is 5.96. The van der Waals surface area contributed by atoms with Crippen LogP contribution in [0.3, 0.4) is 0 Å². The first kappa shape index (κ1) is 22.6. The Morgan fingerprint density at radius 2 is 2.19 bits per heavy atom. The van der Waals surface area contributed by atoms with Gasteiger partial charge in [0.05, 0.1) is 24.8 Å². The Balaban J connectivity index is 1.75. The Bertz CT molecular complexity index is 1060. The summed E-state index contributed by atoms with van der Waals surface area (Å²) in [4.78, 5) is 22.6. The number of hydrogen-bond acceptors (Lipinski definition) is 7. The molecule has 2 N–H and O–H groups in total. The number of amides is 1. The van der Waals surface area contributed by atoms with Gasteiger partial charge in [-0.2, -0.15) is 5.10 Å². The molecule has 8 nitrogen and oxygen atoms in total. The first-order chi connectivity index (χ1) is 14.9. The van der Waals surface area contributed by atoms with Crippen molar-refractivity contribution in [1.82, 2.24) is 5.32 Å². The van der Waals surface area contributed by atoms with Gasteiger partial charge in [-0.3, -0.25) is 9.59 Å². The van der Waals surface area contributed by atoms with Crippen molar-refractivity contribution in [1.29, 1.82) is 0 Å². The molecule has 0 bridgehead atoms. The van der Waals surface area contributed by atoms with Gasteiger partial charge >= 0.3 is 5.97 Å². The number of thioether (sulfide) groups is 1. The van der Waals surface area contributed by atoms with Crippen LogP contribution >= 0.6 is 23.4 Å². The highest BCUT2D eigenvalue weighted by Gasteiger charge is 2.32. The van der Waals surface area contributed by atoms with Crippen molar-refractivity contribution < 1.29 is 28.6 Å². The summed E-state index contributed by atoms with van der Waals surface area (Å²) in [5, 5.41) is 18.9. The minimum absolute atomic E-state index is 0.0671. The number of para-hydroxylation sites is 1. The first-order valence-corrected chi connectivity index (χ1v) is 10.2. The second-order valence-electron chi connectivity index (χ2n) is 6.25. The van der Waals surface area contributed by atoms with Crippen LogP contribution in [0.4, 0.5) is 4.39 Å². The molecule has 2 aromatic rings. The molecule has 3 rings (SSSR count). The summed E-state index contributed by atoms with van der Waals surface area (Å²) in [6.45, 7) is 0.0671. The molecule has 1 unspecified atom stereocenters. The molecule has 1 fully saturated rings. The maximum atomic E-state index is 13.2. The molecule has 0 aliphatic carbocycles. The number of nitrogens with zero attached hydrogens (tertiary/aromatic N) is 2. The molecular weight excluding hydrogens is 449 g/mol. The monoisotopic (exact) mass is 465 g/mol. The van der Waals surface area contributed by atoms with E-state index in [0.29, 0.717) is 22.6 Å². The van der Waals surface area contributed by atoms with Gasteiger partial charge in [-0.05, 0) is 24.3 Å². The molecule has 2 aromatic carbocycles. The van der Waals surface area contributed by atoms with E-state index < -0.39 is 22.9 Å². The average Bonchev–Trinajstić information content (AvgIpc) is 3.06. The maximum Gasteiger partial charge on any atom is 0.305 e. The first-order valence-electron chi connectivity index (χ1n) is 8.91. The molecule has 0 aromatic heterocycles. The number of nitrogens with one attached hydrogen (secondary N) is 1. The lowest BCUT2D eigenvalue weighted by molar-refractivity contribution is -0.138. The number of hydrogen-bond donors (Lipinski definition) is 2. The van der Waals surface area contributed by atoms with Gasteiger partial charge in [0.15, 0.2) is 16.7 Å². The minimum atomic E-state index is -1.07. The number of carboxylic acid groups (broad SMARTS) is 1. The molecule has 0 radical (unpaired) electrons. The predicted octanol–water partition coefficient (Wildman–Crippen LogP) is 3.46. The number of carbonyl (C=O) groups is 2. The van der Waals surface area contributed by atoms with Crippen LogP contribution in [-0.4, -0.2) is 40.7 Å². The van der Waals surface area contributed by atoms with Crippen molar-refractivity contribution in [3.63, 3.8) is 0 Å². The van der Waals surface area contributed by atoms with Crippen molar-refractivity contribution in [2.75, 3.05) is 7.11 Å². The van der Waals surface area contributed by atoms with Gasteiger partial charge in [-0.15, -0.1) is 5.10 Å². The van der Waals surface area contributed by atoms with Crippen LogP contribution in [-0.2, 0) is 16.2 Å². The molecule has 0 saturated carbocycles. The summed E-state index contributed by atoms with van der Waals surface area (Å²) in [6.07, 6.45) is 1.10. The van der Waals surface area contributed by atoms with Crippen LogP contribution in [0.1, 0.15) is 17.5 Å². The third-order valence-electron chi connectivity index (χ3n) is 4.10. The Kier molecular flexibility index (Phi) is 7.48. The van der Waals surface area contributed by atoms with Gasteiger partial charge in [0.2, 0.25) is 5.91 Å². The van der Waals surface area contributed by atoms with Crippen molar-refractivity contribution in [3.8, 4) is 11.5 Å².